The molecular weight excluding hydrogens is 336 g/mol. The zero-order chi connectivity index (χ0) is 18.4. The van der Waals surface area contributed by atoms with Gasteiger partial charge in [0.15, 0.2) is 5.76 Å². The van der Waals surface area contributed by atoms with Gasteiger partial charge >= 0.3 is 0 Å². The molecule has 3 unspecified atom stereocenters. The summed E-state index contributed by atoms with van der Waals surface area (Å²) < 4.78 is 16.3. The van der Waals surface area contributed by atoms with Gasteiger partial charge in [-0.25, -0.2) is 0 Å². The zero-order valence-electron chi connectivity index (χ0n) is 14.9. The number of hydrogen-bond donors (Lipinski definition) is 3. The van der Waals surface area contributed by atoms with E-state index in [4.69, 9.17) is 14.0 Å². The molecule has 1 saturated heterocycles. The first-order valence-electron chi connectivity index (χ1n) is 8.90. The molecule has 0 amide bonds. The number of phenolic OH excluding ortho intramolecular Hbond substituents is 1. The molecule has 0 bridgehead atoms. The third kappa shape index (κ3) is 5.04. The first kappa shape index (κ1) is 18.8. The van der Waals surface area contributed by atoms with Gasteiger partial charge in [-0.05, 0) is 18.9 Å². The molecule has 2 aromatic rings. The van der Waals surface area contributed by atoms with E-state index in [0.717, 1.165) is 17.7 Å². The second-order valence-electron chi connectivity index (χ2n) is 6.62. The van der Waals surface area contributed by atoms with Crippen molar-refractivity contribution in [3.8, 4) is 5.75 Å². The van der Waals surface area contributed by atoms with E-state index in [2.05, 4.69) is 10.5 Å². The molecule has 7 heteroatoms. The van der Waals surface area contributed by atoms with Crippen LogP contribution in [0.2, 0.25) is 0 Å². The number of nitrogens with one attached hydrogen (secondary N) is 1. The molecule has 1 aliphatic rings. The van der Waals surface area contributed by atoms with E-state index in [1.54, 1.807) is 19.2 Å². The summed E-state index contributed by atoms with van der Waals surface area (Å²) in [5.41, 5.74) is 1.65. The second-order valence-corrected chi connectivity index (χ2v) is 6.62. The van der Waals surface area contributed by atoms with Gasteiger partial charge < -0.3 is 29.5 Å². The van der Waals surface area contributed by atoms with Crippen molar-refractivity contribution < 1.29 is 24.2 Å². The Bertz CT molecular complexity index is 690. The predicted octanol–water partition coefficient (Wildman–Crippen LogP) is 1.77. The van der Waals surface area contributed by atoms with Crippen molar-refractivity contribution in [2.75, 3.05) is 13.7 Å². The van der Waals surface area contributed by atoms with Crippen LogP contribution in [0, 0.1) is 0 Å². The van der Waals surface area contributed by atoms with Crippen molar-refractivity contribution in [3.05, 3.63) is 47.3 Å². The molecule has 142 valence electrons. The fourth-order valence-electron chi connectivity index (χ4n) is 3.19. The molecule has 3 rings (SSSR count). The Labute approximate surface area is 152 Å². The minimum absolute atomic E-state index is 0.00387. The molecule has 2 heterocycles. The first-order valence-corrected chi connectivity index (χ1v) is 8.90. The van der Waals surface area contributed by atoms with Crippen LogP contribution in [0.5, 0.6) is 5.75 Å². The van der Waals surface area contributed by atoms with Crippen LogP contribution in [-0.4, -0.2) is 47.3 Å². The van der Waals surface area contributed by atoms with Crippen LogP contribution in [-0.2, 0) is 29.0 Å². The molecule has 1 aromatic heterocycles. The van der Waals surface area contributed by atoms with E-state index >= 15 is 0 Å². The molecule has 1 fully saturated rings. The maximum atomic E-state index is 10.2. The second kappa shape index (κ2) is 9.14. The average molecular weight is 362 g/mol. The Hall–Kier alpha value is -1.93. The van der Waals surface area contributed by atoms with E-state index in [1.807, 2.05) is 18.2 Å². The lowest BCUT2D eigenvalue weighted by molar-refractivity contribution is -0.115. The lowest BCUT2D eigenvalue weighted by Crippen LogP contribution is -2.45. The molecule has 0 spiro atoms. The number of aromatic nitrogens is 1. The summed E-state index contributed by atoms with van der Waals surface area (Å²) in [6, 6.07) is 9.08. The van der Waals surface area contributed by atoms with Gasteiger partial charge in [0.1, 0.15) is 12.4 Å². The summed E-state index contributed by atoms with van der Waals surface area (Å²) in [5.74, 6) is 0.958. The van der Waals surface area contributed by atoms with Crippen LogP contribution < -0.4 is 5.32 Å². The molecule has 0 saturated carbocycles. The van der Waals surface area contributed by atoms with E-state index in [-0.39, 0.29) is 18.0 Å². The summed E-state index contributed by atoms with van der Waals surface area (Å²) in [4.78, 5) is 0. The molecule has 3 atom stereocenters. The fraction of sp³-hybridized carbons (Fsp3) is 0.526. The number of aliphatic hydroxyl groups is 1. The summed E-state index contributed by atoms with van der Waals surface area (Å²) in [5, 5.41) is 27.3. The summed E-state index contributed by atoms with van der Waals surface area (Å²) in [6.45, 7) is 1.43. The van der Waals surface area contributed by atoms with Crippen molar-refractivity contribution in [3.63, 3.8) is 0 Å². The lowest BCUT2D eigenvalue weighted by atomic mass is 9.98. The molecule has 26 heavy (non-hydrogen) atoms. The molecule has 0 aliphatic carbocycles. The maximum absolute atomic E-state index is 10.2. The number of para-hydroxylation sites is 1. The van der Waals surface area contributed by atoms with Crippen LogP contribution in [0.15, 0.2) is 34.9 Å². The third-order valence-electron chi connectivity index (χ3n) is 4.56. The van der Waals surface area contributed by atoms with Gasteiger partial charge in [0.25, 0.3) is 0 Å². The number of phenols is 1. The van der Waals surface area contributed by atoms with Gasteiger partial charge in [0.2, 0.25) is 0 Å². The smallest absolute Gasteiger partial charge is 0.162 e. The van der Waals surface area contributed by atoms with Gasteiger partial charge in [-0.3, -0.25) is 0 Å². The van der Waals surface area contributed by atoms with Crippen LogP contribution >= 0.6 is 0 Å². The molecule has 3 N–H and O–H groups in total. The molecule has 7 nitrogen and oxygen atoms in total. The van der Waals surface area contributed by atoms with E-state index in [0.29, 0.717) is 38.3 Å². The van der Waals surface area contributed by atoms with E-state index in [1.165, 1.54) is 0 Å². The highest BCUT2D eigenvalue weighted by molar-refractivity contribution is 5.31. The van der Waals surface area contributed by atoms with Crippen LogP contribution in [0.1, 0.15) is 29.9 Å². The Balaban J connectivity index is 1.48. The normalized spacial score (nSPS) is 23.2. The van der Waals surface area contributed by atoms with Gasteiger partial charge in [-0.1, -0.05) is 23.4 Å². The SMILES string of the molecule is COCc1cc(CC2CCC(O)C(CNCc3ccccc3O)O2)no1. The van der Waals surface area contributed by atoms with Crippen LogP contribution in [0.4, 0.5) is 0 Å². The number of aromatic hydroxyl groups is 1. The Kier molecular flexibility index (Phi) is 6.62. The monoisotopic (exact) mass is 362 g/mol. The number of rotatable bonds is 8. The van der Waals surface area contributed by atoms with Crippen molar-refractivity contribution in [2.45, 2.75) is 50.7 Å². The van der Waals surface area contributed by atoms with Gasteiger partial charge in [0.05, 0.1) is 24.0 Å². The number of benzene rings is 1. The molecule has 1 aromatic carbocycles. The maximum Gasteiger partial charge on any atom is 0.162 e. The van der Waals surface area contributed by atoms with Gasteiger partial charge in [0, 0.05) is 38.2 Å². The Morgan fingerprint density at radius 1 is 1.31 bits per heavy atom. The van der Waals surface area contributed by atoms with Crippen LogP contribution in [0.3, 0.4) is 0 Å². The molecule has 1 aliphatic heterocycles. The van der Waals surface area contributed by atoms with Crippen molar-refractivity contribution in [1.29, 1.82) is 0 Å². The fourth-order valence-corrected chi connectivity index (χ4v) is 3.19. The minimum atomic E-state index is -0.496. The van der Waals surface area contributed by atoms with Crippen molar-refractivity contribution >= 4 is 0 Å². The van der Waals surface area contributed by atoms with Gasteiger partial charge in [-0.15, -0.1) is 0 Å². The lowest BCUT2D eigenvalue weighted by Gasteiger charge is -2.34. The summed E-state index contributed by atoms with van der Waals surface area (Å²) in [7, 11) is 1.61. The summed E-state index contributed by atoms with van der Waals surface area (Å²) >= 11 is 0. The number of nitrogens with zero attached hydrogens (tertiary/aromatic N) is 1. The Morgan fingerprint density at radius 3 is 2.96 bits per heavy atom. The largest absolute Gasteiger partial charge is 0.508 e. The van der Waals surface area contributed by atoms with E-state index < -0.39 is 6.10 Å². The quantitative estimate of drug-likeness (QED) is 0.658. The number of aliphatic hydroxyl groups excluding tert-OH is 1. The van der Waals surface area contributed by atoms with Crippen molar-refractivity contribution in [2.24, 2.45) is 0 Å². The highest BCUT2D eigenvalue weighted by Crippen LogP contribution is 2.23. The number of hydrogen-bond acceptors (Lipinski definition) is 7. The van der Waals surface area contributed by atoms with Gasteiger partial charge in [-0.2, -0.15) is 0 Å². The number of ether oxygens (including phenoxy) is 2. The zero-order valence-corrected chi connectivity index (χ0v) is 14.9. The highest BCUT2D eigenvalue weighted by atomic mass is 16.5. The average Bonchev–Trinajstić information content (AvgIpc) is 3.07. The van der Waals surface area contributed by atoms with E-state index in [9.17, 15) is 10.2 Å². The summed E-state index contributed by atoms with van der Waals surface area (Å²) in [6.07, 6.45) is 1.33. The highest BCUT2D eigenvalue weighted by Gasteiger charge is 2.30. The predicted molar refractivity (Wildman–Crippen MR) is 94.6 cm³/mol. The molecule has 0 radical (unpaired) electrons. The number of methoxy groups -OCH3 is 1. The van der Waals surface area contributed by atoms with Crippen molar-refractivity contribution in [1.82, 2.24) is 10.5 Å². The minimum Gasteiger partial charge on any atom is -0.508 e. The Morgan fingerprint density at radius 2 is 2.15 bits per heavy atom. The standard InChI is InChI=1S/C19H26N2O5/c1-24-12-16-9-14(21-26-16)8-15-6-7-18(23)19(25-15)11-20-10-13-4-2-3-5-17(13)22/h2-5,9,15,18-20,22-23H,6-8,10-12H2,1H3. The van der Waals surface area contributed by atoms with Crippen LogP contribution in [0.25, 0.3) is 0 Å². The first-order chi connectivity index (χ1) is 12.7. The topological polar surface area (TPSA) is 97.0 Å². The molecular formula is C19H26N2O5. The third-order valence-corrected chi connectivity index (χ3v) is 4.56.